The molecule has 16 heavy (non-hydrogen) atoms. The van der Waals surface area contributed by atoms with Crippen molar-refractivity contribution in [3.8, 4) is 0 Å². The lowest BCUT2D eigenvalue weighted by Crippen LogP contribution is -2.32. The zero-order valence-electron chi connectivity index (χ0n) is 8.84. The third-order valence-electron chi connectivity index (χ3n) is 1.99. The Balaban J connectivity index is 2.63. The summed E-state index contributed by atoms with van der Waals surface area (Å²) in [7, 11) is 0. The Morgan fingerprint density at radius 2 is 2.00 bits per heavy atom. The number of carbonyl (C=O) groups is 1. The molecule has 0 aliphatic heterocycles. The Labute approximate surface area is 92.1 Å². The first-order valence-corrected chi connectivity index (χ1v) is 4.88. The highest BCUT2D eigenvalue weighted by Crippen LogP contribution is 2.12. The van der Waals surface area contributed by atoms with Gasteiger partial charge in [0.1, 0.15) is 11.6 Å². The van der Waals surface area contributed by atoms with E-state index in [-0.39, 0.29) is 18.5 Å². The van der Waals surface area contributed by atoms with Crippen molar-refractivity contribution >= 4 is 5.91 Å². The molecule has 0 bridgehead atoms. The summed E-state index contributed by atoms with van der Waals surface area (Å²) in [4.78, 5) is 11.3. The van der Waals surface area contributed by atoms with Gasteiger partial charge in [-0.15, -0.1) is 0 Å². The van der Waals surface area contributed by atoms with Crippen molar-refractivity contribution in [1.29, 1.82) is 0 Å². The van der Waals surface area contributed by atoms with Gasteiger partial charge in [-0.2, -0.15) is 0 Å². The van der Waals surface area contributed by atoms with Crippen molar-refractivity contribution in [1.82, 2.24) is 5.32 Å². The Morgan fingerprint density at radius 3 is 2.50 bits per heavy atom. The highest BCUT2D eigenvalue weighted by Gasteiger charge is 2.12. The van der Waals surface area contributed by atoms with Crippen molar-refractivity contribution in [3.05, 3.63) is 35.4 Å². The predicted octanol–water partition coefficient (Wildman–Crippen LogP) is 1.00. The minimum absolute atomic E-state index is 0.0644. The lowest BCUT2D eigenvalue weighted by atomic mass is 10.1. The van der Waals surface area contributed by atoms with Gasteiger partial charge in [-0.05, 0) is 19.1 Å². The van der Waals surface area contributed by atoms with Crippen molar-refractivity contribution in [2.75, 3.05) is 6.54 Å². The second-order valence-corrected chi connectivity index (χ2v) is 3.53. The van der Waals surface area contributed by atoms with E-state index in [0.29, 0.717) is 0 Å². The fourth-order valence-corrected chi connectivity index (χ4v) is 1.19. The van der Waals surface area contributed by atoms with Crippen LogP contribution < -0.4 is 5.32 Å². The number of aliphatic hydroxyl groups excluding tert-OH is 1. The Hall–Kier alpha value is -1.49. The topological polar surface area (TPSA) is 49.3 Å². The van der Waals surface area contributed by atoms with Crippen LogP contribution in [0.3, 0.4) is 0 Å². The summed E-state index contributed by atoms with van der Waals surface area (Å²) in [6.07, 6.45) is -1.06. The van der Waals surface area contributed by atoms with Crippen LogP contribution in [0, 0.1) is 11.6 Å². The minimum Gasteiger partial charge on any atom is -0.392 e. The van der Waals surface area contributed by atoms with Crippen LogP contribution in [0.2, 0.25) is 0 Å². The molecule has 1 aromatic carbocycles. The first kappa shape index (κ1) is 12.6. The molecule has 5 heteroatoms. The van der Waals surface area contributed by atoms with Crippen LogP contribution in [0.15, 0.2) is 18.2 Å². The quantitative estimate of drug-likeness (QED) is 0.809. The standard InChI is InChI=1S/C11H13F2NO2/c1-7(15)6-14-11(16)5-8-9(12)3-2-4-10(8)13/h2-4,7,15H,5-6H2,1H3,(H,14,16). The number of rotatable bonds is 4. The summed E-state index contributed by atoms with van der Waals surface area (Å²) in [6, 6.07) is 3.43. The molecule has 0 spiro atoms. The van der Waals surface area contributed by atoms with E-state index in [9.17, 15) is 13.6 Å². The molecule has 2 N–H and O–H groups in total. The van der Waals surface area contributed by atoms with Gasteiger partial charge in [-0.25, -0.2) is 8.78 Å². The Kier molecular flexibility index (Phi) is 4.37. The number of amides is 1. The number of aliphatic hydroxyl groups is 1. The number of hydrogen-bond acceptors (Lipinski definition) is 2. The molecule has 0 heterocycles. The molecule has 0 saturated carbocycles. The van der Waals surface area contributed by atoms with Gasteiger partial charge in [0, 0.05) is 12.1 Å². The monoisotopic (exact) mass is 229 g/mol. The van der Waals surface area contributed by atoms with Gasteiger partial charge in [0.25, 0.3) is 0 Å². The molecule has 0 aromatic heterocycles. The first-order valence-electron chi connectivity index (χ1n) is 4.88. The van der Waals surface area contributed by atoms with Crippen LogP contribution >= 0.6 is 0 Å². The van der Waals surface area contributed by atoms with Gasteiger partial charge in [-0.3, -0.25) is 4.79 Å². The second kappa shape index (κ2) is 5.55. The van der Waals surface area contributed by atoms with Crippen LogP contribution in [0.4, 0.5) is 8.78 Å². The van der Waals surface area contributed by atoms with E-state index in [0.717, 1.165) is 12.1 Å². The first-order chi connectivity index (χ1) is 7.50. The molecule has 0 saturated heterocycles. The van der Waals surface area contributed by atoms with Gasteiger partial charge in [0.2, 0.25) is 5.91 Å². The van der Waals surface area contributed by atoms with Gasteiger partial charge >= 0.3 is 0 Å². The van der Waals surface area contributed by atoms with Crippen LogP contribution in [-0.4, -0.2) is 23.7 Å². The van der Waals surface area contributed by atoms with Gasteiger partial charge < -0.3 is 10.4 Å². The van der Waals surface area contributed by atoms with E-state index >= 15 is 0 Å². The van der Waals surface area contributed by atoms with Crippen molar-refractivity contribution in [3.63, 3.8) is 0 Å². The summed E-state index contributed by atoms with van der Waals surface area (Å²) in [6.45, 7) is 1.57. The van der Waals surface area contributed by atoms with Crippen LogP contribution in [0.5, 0.6) is 0 Å². The van der Waals surface area contributed by atoms with Crippen LogP contribution in [0.25, 0.3) is 0 Å². The van der Waals surface area contributed by atoms with Crippen molar-refractivity contribution in [2.24, 2.45) is 0 Å². The molecular weight excluding hydrogens is 216 g/mol. The summed E-state index contributed by atoms with van der Waals surface area (Å²) in [5.74, 6) is -2.01. The maximum Gasteiger partial charge on any atom is 0.224 e. The third kappa shape index (κ3) is 3.58. The fraction of sp³-hybridized carbons (Fsp3) is 0.364. The second-order valence-electron chi connectivity index (χ2n) is 3.53. The van der Waals surface area contributed by atoms with E-state index in [1.807, 2.05) is 0 Å². The summed E-state index contributed by atoms with van der Waals surface area (Å²) >= 11 is 0. The lowest BCUT2D eigenvalue weighted by Gasteiger charge is -2.08. The summed E-state index contributed by atoms with van der Waals surface area (Å²) < 4.78 is 26.3. The average Bonchev–Trinajstić information content (AvgIpc) is 2.21. The molecule has 0 radical (unpaired) electrons. The molecule has 1 rings (SSSR count). The zero-order chi connectivity index (χ0) is 12.1. The Morgan fingerprint density at radius 1 is 1.44 bits per heavy atom. The van der Waals surface area contributed by atoms with Crippen LogP contribution in [-0.2, 0) is 11.2 Å². The molecular formula is C11H13F2NO2. The molecule has 0 aliphatic carbocycles. The van der Waals surface area contributed by atoms with Gasteiger partial charge in [0.15, 0.2) is 0 Å². The molecule has 0 fully saturated rings. The smallest absolute Gasteiger partial charge is 0.224 e. The third-order valence-corrected chi connectivity index (χ3v) is 1.99. The number of carbonyl (C=O) groups excluding carboxylic acids is 1. The largest absolute Gasteiger partial charge is 0.392 e. The predicted molar refractivity (Wildman–Crippen MR) is 54.8 cm³/mol. The number of halogens is 2. The maximum absolute atomic E-state index is 13.1. The van der Waals surface area contributed by atoms with Crippen molar-refractivity contribution < 1.29 is 18.7 Å². The molecule has 1 atom stereocenters. The highest BCUT2D eigenvalue weighted by atomic mass is 19.1. The van der Waals surface area contributed by atoms with E-state index in [2.05, 4.69) is 5.32 Å². The van der Waals surface area contributed by atoms with E-state index in [1.54, 1.807) is 0 Å². The molecule has 88 valence electrons. The van der Waals surface area contributed by atoms with E-state index < -0.39 is 23.6 Å². The maximum atomic E-state index is 13.1. The van der Waals surface area contributed by atoms with Crippen molar-refractivity contribution in [2.45, 2.75) is 19.4 Å². The number of benzene rings is 1. The Bertz CT molecular complexity index is 360. The molecule has 1 unspecified atom stereocenters. The SMILES string of the molecule is CC(O)CNC(=O)Cc1c(F)cccc1F. The molecule has 1 amide bonds. The van der Waals surface area contributed by atoms with Crippen LogP contribution in [0.1, 0.15) is 12.5 Å². The summed E-state index contributed by atoms with van der Waals surface area (Å²) in [5, 5.41) is 11.3. The highest BCUT2D eigenvalue weighted by molar-refractivity contribution is 5.78. The summed E-state index contributed by atoms with van der Waals surface area (Å²) in [5.41, 5.74) is -0.259. The van der Waals surface area contributed by atoms with Gasteiger partial charge in [-0.1, -0.05) is 6.07 Å². The number of hydrogen-bond donors (Lipinski definition) is 2. The molecule has 3 nitrogen and oxygen atoms in total. The average molecular weight is 229 g/mol. The number of nitrogens with one attached hydrogen (secondary N) is 1. The van der Waals surface area contributed by atoms with E-state index in [4.69, 9.17) is 5.11 Å². The fourth-order valence-electron chi connectivity index (χ4n) is 1.19. The van der Waals surface area contributed by atoms with Gasteiger partial charge in [0.05, 0.1) is 12.5 Å². The normalized spacial score (nSPS) is 12.2. The minimum atomic E-state index is -0.743. The molecule has 1 aromatic rings. The van der Waals surface area contributed by atoms with E-state index in [1.165, 1.54) is 13.0 Å². The zero-order valence-corrected chi connectivity index (χ0v) is 8.84. The molecule has 0 aliphatic rings. The lowest BCUT2D eigenvalue weighted by molar-refractivity contribution is -0.120.